The van der Waals surface area contributed by atoms with E-state index in [1.165, 1.54) is 4.88 Å². The first kappa shape index (κ1) is 22.7. The summed E-state index contributed by atoms with van der Waals surface area (Å²) in [5.41, 5.74) is 0. The van der Waals surface area contributed by atoms with Crippen LogP contribution in [0.5, 0.6) is 0 Å². The third-order valence-corrected chi connectivity index (χ3v) is 5.01. The highest BCUT2D eigenvalue weighted by atomic mass is 127. The van der Waals surface area contributed by atoms with E-state index in [1.807, 2.05) is 18.4 Å². The Balaban J connectivity index is 0.00000312. The SMILES string of the molecule is CN=C(NCCCOC1CCOCC1)NCC(C)Cc1cccs1.I. The lowest BCUT2D eigenvalue weighted by Gasteiger charge is -2.22. The summed E-state index contributed by atoms with van der Waals surface area (Å²) < 4.78 is 11.2. The highest BCUT2D eigenvalue weighted by Gasteiger charge is 2.13. The van der Waals surface area contributed by atoms with Crippen molar-refractivity contribution in [1.29, 1.82) is 0 Å². The molecule has 2 rings (SSSR count). The number of ether oxygens (including phenoxy) is 2. The molecule has 1 atom stereocenters. The maximum Gasteiger partial charge on any atom is 0.190 e. The molecule has 1 aromatic rings. The molecule has 7 heteroatoms. The van der Waals surface area contributed by atoms with Gasteiger partial charge in [-0.05, 0) is 43.0 Å². The number of nitrogens with one attached hydrogen (secondary N) is 2. The molecular formula is C18H32IN3O2S. The van der Waals surface area contributed by atoms with Gasteiger partial charge in [0.2, 0.25) is 0 Å². The molecule has 0 bridgehead atoms. The van der Waals surface area contributed by atoms with Crippen LogP contribution in [0.25, 0.3) is 0 Å². The quantitative estimate of drug-likeness (QED) is 0.246. The molecular weight excluding hydrogens is 449 g/mol. The smallest absolute Gasteiger partial charge is 0.190 e. The molecule has 0 saturated carbocycles. The van der Waals surface area contributed by atoms with Crippen molar-refractivity contribution >= 4 is 41.3 Å². The lowest BCUT2D eigenvalue weighted by Crippen LogP contribution is -2.40. The van der Waals surface area contributed by atoms with Gasteiger partial charge in [-0.25, -0.2) is 0 Å². The third-order valence-electron chi connectivity index (χ3n) is 4.11. The van der Waals surface area contributed by atoms with Crippen LogP contribution in [-0.2, 0) is 15.9 Å². The molecule has 5 nitrogen and oxygen atoms in total. The van der Waals surface area contributed by atoms with Crippen molar-refractivity contribution in [3.63, 3.8) is 0 Å². The van der Waals surface area contributed by atoms with Crippen molar-refractivity contribution in [2.45, 2.75) is 38.7 Å². The molecule has 0 aliphatic carbocycles. The maximum atomic E-state index is 5.88. The van der Waals surface area contributed by atoms with Crippen LogP contribution in [0, 0.1) is 5.92 Å². The zero-order valence-electron chi connectivity index (χ0n) is 15.3. The Hall–Kier alpha value is -0.380. The minimum Gasteiger partial charge on any atom is -0.381 e. The summed E-state index contributed by atoms with van der Waals surface area (Å²) in [6.07, 6.45) is 4.54. The fourth-order valence-electron chi connectivity index (χ4n) is 2.71. The highest BCUT2D eigenvalue weighted by Crippen LogP contribution is 2.13. The molecule has 1 aromatic heterocycles. The number of halogens is 1. The van der Waals surface area contributed by atoms with Crippen molar-refractivity contribution in [2.75, 3.05) is 40.0 Å². The molecule has 0 aromatic carbocycles. The first-order valence-corrected chi connectivity index (χ1v) is 9.82. The second-order valence-corrected chi connectivity index (χ2v) is 7.34. The molecule has 0 radical (unpaired) electrons. The zero-order chi connectivity index (χ0) is 17.0. The molecule has 25 heavy (non-hydrogen) atoms. The largest absolute Gasteiger partial charge is 0.381 e. The zero-order valence-corrected chi connectivity index (χ0v) is 18.5. The van der Waals surface area contributed by atoms with Crippen molar-refractivity contribution in [3.05, 3.63) is 22.4 Å². The summed E-state index contributed by atoms with van der Waals surface area (Å²) in [5, 5.41) is 8.90. The van der Waals surface area contributed by atoms with E-state index >= 15 is 0 Å². The van der Waals surface area contributed by atoms with Crippen LogP contribution in [0.15, 0.2) is 22.5 Å². The number of aliphatic imine (C=N–C) groups is 1. The van der Waals surface area contributed by atoms with Gasteiger partial charge in [0.25, 0.3) is 0 Å². The summed E-state index contributed by atoms with van der Waals surface area (Å²) in [4.78, 5) is 5.73. The minimum absolute atomic E-state index is 0. The Morgan fingerprint density at radius 1 is 1.40 bits per heavy atom. The number of thiophene rings is 1. The molecule has 144 valence electrons. The van der Waals surface area contributed by atoms with Gasteiger partial charge in [-0.2, -0.15) is 0 Å². The van der Waals surface area contributed by atoms with Crippen molar-refractivity contribution < 1.29 is 9.47 Å². The third kappa shape index (κ3) is 9.77. The first-order valence-electron chi connectivity index (χ1n) is 8.94. The summed E-state index contributed by atoms with van der Waals surface area (Å²) in [5.74, 6) is 1.46. The van der Waals surface area contributed by atoms with Gasteiger partial charge in [-0.3, -0.25) is 4.99 Å². The van der Waals surface area contributed by atoms with Gasteiger partial charge in [0.15, 0.2) is 5.96 Å². The van der Waals surface area contributed by atoms with Gasteiger partial charge in [-0.1, -0.05) is 13.0 Å². The standard InChI is InChI=1S/C18H31N3O2S.HI/c1-15(13-17-5-3-12-24-17)14-21-18(19-2)20-8-4-9-23-16-6-10-22-11-7-16;/h3,5,12,15-16H,4,6-11,13-14H2,1-2H3,(H2,19,20,21);1H. The second-order valence-electron chi connectivity index (χ2n) is 6.30. The van der Waals surface area contributed by atoms with E-state index in [0.717, 1.165) is 64.6 Å². The fraction of sp³-hybridized carbons (Fsp3) is 0.722. The number of guanidine groups is 1. The predicted molar refractivity (Wildman–Crippen MR) is 116 cm³/mol. The Bertz CT molecular complexity index is 465. The number of hydrogen-bond acceptors (Lipinski definition) is 4. The fourth-order valence-corrected chi connectivity index (χ4v) is 3.58. The first-order chi connectivity index (χ1) is 11.8. The average molecular weight is 481 g/mol. The molecule has 1 saturated heterocycles. The molecule has 1 aliphatic rings. The van der Waals surface area contributed by atoms with Crippen molar-refractivity contribution in [3.8, 4) is 0 Å². The molecule has 1 unspecified atom stereocenters. The van der Waals surface area contributed by atoms with E-state index in [0.29, 0.717) is 12.0 Å². The Morgan fingerprint density at radius 3 is 2.88 bits per heavy atom. The lowest BCUT2D eigenvalue weighted by atomic mass is 10.1. The topological polar surface area (TPSA) is 54.9 Å². The van der Waals surface area contributed by atoms with Crippen molar-refractivity contribution in [1.82, 2.24) is 10.6 Å². The highest BCUT2D eigenvalue weighted by molar-refractivity contribution is 14.0. The van der Waals surface area contributed by atoms with E-state index in [9.17, 15) is 0 Å². The van der Waals surface area contributed by atoms with Crippen LogP contribution in [-0.4, -0.2) is 52.0 Å². The minimum atomic E-state index is 0. The maximum absolute atomic E-state index is 5.88. The van der Waals surface area contributed by atoms with Gasteiger partial charge in [-0.15, -0.1) is 35.3 Å². The van der Waals surface area contributed by atoms with E-state index in [1.54, 1.807) is 0 Å². The van der Waals surface area contributed by atoms with Gasteiger partial charge in [0, 0.05) is 44.8 Å². The normalized spacial score (nSPS) is 17.0. The van der Waals surface area contributed by atoms with Crippen LogP contribution < -0.4 is 10.6 Å². The second kappa shape index (κ2) is 13.8. The summed E-state index contributed by atoms with van der Waals surface area (Å²) in [7, 11) is 1.82. The molecule has 2 heterocycles. The van der Waals surface area contributed by atoms with Crippen molar-refractivity contribution in [2.24, 2.45) is 10.9 Å². The van der Waals surface area contributed by atoms with Gasteiger partial charge in [0.1, 0.15) is 0 Å². The van der Waals surface area contributed by atoms with Gasteiger partial charge < -0.3 is 20.1 Å². The summed E-state index contributed by atoms with van der Waals surface area (Å²) >= 11 is 1.83. The number of nitrogens with zero attached hydrogens (tertiary/aromatic N) is 1. The number of rotatable bonds is 9. The molecule has 1 aliphatic heterocycles. The predicted octanol–water partition coefficient (Wildman–Crippen LogP) is 3.30. The van der Waals surface area contributed by atoms with Crippen LogP contribution >= 0.6 is 35.3 Å². The van der Waals surface area contributed by atoms with E-state index in [2.05, 4.69) is 40.1 Å². The molecule has 1 fully saturated rings. The van der Waals surface area contributed by atoms with Crippen LogP contribution in [0.2, 0.25) is 0 Å². The van der Waals surface area contributed by atoms with Crippen LogP contribution in [0.1, 0.15) is 31.1 Å². The van der Waals surface area contributed by atoms with Gasteiger partial charge >= 0.3 is 0 Å². The Kier molecular flexibility index (Phi) is 12.5. The molecule has 0 amide bonds. The van der Waals surface area contributed by atoms with E-state index in [4.69, 9.17) is 9.47 Å². The van der Waals surface area contributed by atoms with E-state index in [-0.39, 0.29) is 24.0 Å². The Labute approximate surface area is 173 Å². The molecule has 2 N–H and O–H groups in total. The molecule has 0 spiro atoms. The summed E-state index contributed by atoms with van der Waals surface area (Å²) in [6.45, 7) is 6.54. The van der Waals surface area contributed by atoms with Gasteiger partial charge in [0.05, 0.1) is 6.10 Å². The average Bonchev–Trinajstić information content (AvgIpc) is 3.11. The number of hydrogen-bond donors (Lipinski definition) is 2. The Morgan fingerprint density at radius 2 is 2.20 bits per heavy atom. The lowest BCUT2D eigenvalue weighted by molar-refractivity contribution is -0.0320. The van der Waals surface area contributed by atoms with E-state index < -0.39 is 0 Å². The monoisotopic (exact) mass is 481 g/mol. The summed E-state index contributed by atoms with van der Waals surface area (Å²) in [6, 6.07) is 4.32. The van der Waals surface area contributed by atoms with Crippen LogP contribution in [0.4, 0.5) is 0 Å². The van der Waals surface area contributed by atoms with Crippen LogP contribution in [0.3, 0.4) is 0 Å².